The molecule has 0 aromatic carbocycles. The summed E-state index contributed by atoms with van der Waals surface area (Å²) < 4.78 is 0. The van der Waals surface area contributed by atoms with Crippen LogP contribution in [-0.4, -0.2) is 11.6 Å². The van der Waals surface area contributed by atoms with Crippen molar-refractivity contribution in [3.8, 4) is 0 Å². The maximum Gasteiger partial charge on any atom is 0.235 e. The minimum Gasteiger partial charge on any atom is -0.211 e. The fraction of sp³-hybridized carbons (Fsp3) is 0.917. The van der Waals surface area contributed by atoms with Crippen LogP contribution in [0.4, 0.5) is 0 Å². The van der Waals surface area contributed by atoms with Crippen LogP contribution >= 0.6 is 0 Å². The van der Waals surface area contributed by atoms with E-state index in [9.17, 15) is 4.79 Å². The van der Waals surface area contributed by atoms with E-state index in [1.165, 1.54) is 38.5 Å². The van der Waals surface area contributed by atoms with Gasteiger partial charge in [-0.2, -0.15) is 4.99 Å². The molecular weight excluding hydrogens is 174 g/mol. The van der Waals surface area contributed by atoms with Gasteiger partial charge in [-0.1, -0.05) is 7.43 Å². The van der Waals surface area contributed by atoms with Crippen LogP contribution in [0, 0.1) is 17.8 Å². The highest BCUT2D eigenvalue weighted by molar-refractivity contribution is 5.35. The van der Waals surface area contributed by atoms with Gasteiger partial charge in [-0.15, -0.1) is 0 Å². The molecule has 0 amide bonds. The molecule has 0 aromatic heterocycles. The van der Waals surface area contributed by atoms with Crippen molar-refractivity contribution < 1.29 is 4.79 Å². The third kappa shape index (κ3) is 1.33. The minimum atomic E-state index is 0. The van der Waals surface area contributed by atoms with Gasteiger partial charge in [0.1, 0.15) is 0 Å². The van der Waals surface area contributed by atoms with Gasteiger partial charge in [-0.3, -0.25) is 0 Å². The third-order valence-electron chi connectivity index (χ3n) is 4.29. The molecule has 0 spiro atoms. The molecule has 2 nitrogen and oxygen atoms in total. The molecule has 4 fully saturated rings. The van der Waals surface area contributed by atoms with Gasteiger partial charge in [0.05, 0.1) is 5.54 Å². The molecule has 4 aliphatic rings. The number of isocyanates is 1. The fourth-order valence-corrected chi connectivity index (χ4v) is 4.30. The van der Waals surface area contributed by atoms with Crippen molar-refractivity contribution in [1.82, 2.24) is 0 Å². The second kappa shape index (κ2) is 3.20. The van der Waals surface area contributed by atoms with Crippen LogP contribution in [0.3, 0.4) is 0 Å². The molecule has 0 atom stereocenters. The first-order valence-electron chi connectivity index (χ1n) is 5.39. The number of rotatable bonds is 1. The van der Waals surface area contributed by atoms with Crippen LogP contribution in [0.15, 0.2) is 4.99 Å². The average Bonchev–Trinajstić information content (AvgIpc) is 2.00. The summed E-state index contributed by atoms with van der Waals surface area (Å²) in [5, 5.41) is 0. The Morgan fingerprint density at radius 1 is 1.00 bits per heavy atom. The highest BCUT2D eigenvalue weighted by Crippen LogP contribution is 2.56. The van der Waals surface area contributed by atoms with E-state index in [0.717, 1.165) is 17.8 Å². The van der Waals surface area contributed by atoms with E-state index < -0.39 is 0 Å². The predicted molar refractivity (Wildman–Crippen MR) is 55.8 cm³/mol. The molecule has 14 heavy (non-hydrogen) atoms. The first-order chi connectivity index (χ1) is 6.30. The second-order valence-electron chi connectivity index (χ2n) is 5.34. The van der Waals surface area contributed by atoms with Crippen LogP contribution in [-0.2, 0) is 4.79 Å². The van der Waals surface area contributed by atoms with E-state index >= 15 is 0 Å². The van der Waals surface area contributed by atoms with Gasteiger partial charge in [-0.25, -0.2) is 4.79 Å². The molecule has 0 aromatic rings. The molecule has 4 rings (SSSR count). The zero-order valence-corrected chi connectivity index (χ0v) is 7.83. The van der Waals surface area contributed by atoms with E-state index in [1.54, 1.807) is 6.08 Å². The summed E-state index contributed by atoms with van der Waals surface area (Å²) in [5.74, 6) is 2.63. The number of aliphatic imine (C=N–C) groups is 1. The van der Waals surface area contributed by atoms with Gasteiger partial charge in [0.2, 0.25) is 6.08 Å². The van der Waals surface area contributed by atoms with Gasteiger partial charge >= 0.3 is 0 Å². The zero-order chi connectivity index (χ0) is 8.89. The topological polar surface area (TPSA) is 29.4 Å². The summed E-state index contributed by atoms with van der Waals surface area (Å²) in [4.78, 5) is 14.5. The summed E-state index contributed by atoms with van der Waals surface area (Å²) in [5.41, 5.74) is 0.0521. The molecule has 0 saturated heterocycles. The average molecular weight is 193 g/mol. The minimum absolute atomic E-state index is 0. The lowest BCUT2D eigenvalue weighted by atomic mass is 9.53. The van der Waals surface area contributed by atoms with Crippen molar-refractivity contribution in [1.29, 1.82) is 0 Å². The molecule has 0 aliphatic heterocycles. The van der Waals surface area contributed by atoms with Crippen LogP contribution in [0.2, 0.25) is 0 Å². The molecule has 0 radical (unpaired) electrons. The molecule has 0 N–H and O–H groups in total. The Morgan fingerprint density at radius 2 is 1.43 bits per heavy atom. The largest absolute Gasteiger partial charge is 0.235 e. The molecule has 78 valence electrons. The van der Waals surface area contributed by atoms with E-state index in [4.69, 9.17) is 0 Å². The van der Waals surface area contributed by atoms with Crippen molar-refractivity contribution in [2.24, 2.45) is 22.7 Å². The van der Waals surface area contributed by atoms with Crippen molar-refractivity contribution in [3.05, 3.63) is 0 Å². The summed E-state index contributed by atoms with van der Waals surface area (Å²) >= 11 is 0. The smallest absolute Gasteiger partial charge is 0.211 e. The number of carbonyl (C=O) groups excluding carboxylic acids is 1. The third-order valence-corrected chi connectivity index (χ3v) is 4.29. The lowest BCUT2D eigenvalue weighted by Gasteiger charge is -2.54. The van der Waals surface area contributed by atoms with E-state index in [1.807, 2.05) is 0 Å². The Balaban J connectivity index is 0.000000750. The van der Waals surface area contributed by atoms with E-state index in [0.29, 0.717) is 0 Å². The standard InChI is InChI=1S/C11H15NO.CH4/c13-7-12-11-4-8-1-9(5-11)3-10(2-8)6-11;/h8-10H,1-6H2;1H4. The lowest BCUT2D eigenvalue weighted by Crippen LogP contribution is -2.49. The van der Waals surface area contributed by atoms with Crippen LogP contribution in [0.5, 0.6) is 0 Å². The molecule has 2 heteroatoms. The predicted octanol–water partition coefficient (Wildman–Crippen LogP) is 2.93. The van der Waals surface area contributed by atoms with Gasteiger partial charge in [0.15, 0.2) is 0 Å². The summed E-state index contributed by atoms with van der Waals surface area (Å²) in [6.07, 6.45) is 9.56. The molecule has 4 aliphatic carbocycles. The van der Waals surface area contributed by atoms with Gasteiger partial charge in [-0.05, 0) is 56.3 Å². The summed E-state index contributed by atoms with van der Waals surface area (Å²) in [6.45, 7) is 0. The Hall–Kier alpha value is -0.620. The van der Waals surface area contributed by atoms with Crippen LogP contribution in [0.25, 0.3) is 0 Å². The Kier molecular flexibility index (Phi) is 2.27. The van der Waals surface area contributed by atoms with E-state index in [2.05, 4.69) is 4.99 Å². The molecule has 0 heterocycles. The monoisotopic (exact) mass is 193 g/mol. The highest BCUT2D eigenvalue weighted by atomic mass is 16.1. The number of nitrogens with zero attached hydrogens (tertiary/aromatic N) is 1. The van der Waals surface area contributed by atoms with Crippen molar-refractivity contribution >= 4 is 6.08 Å². The Labute approximate surface area is 85.8 Å². The van der Waals surface area contributed by atoms with Crippen molar-refractivity contribution in [2.75, 3.05) is 0 Å². The number of hydrogen-bond acceptors (Lipinski definition) is 2. The molecule has 4 saturated carbocycles. The van der Waals surface area contributed by atoms with Gasteiger partial charge in [0, 0.05) is 0 Å². The Morgan fingerprint density at radius 3 is 1.79 bits per heavy atom. The number of hydrogen-bond donors (Lipinski definition) is 0. The summed E-state index contributed by atoms with van der Waals surface area (Å²) in [6, 6.07) is 0. The normalized spacial score (nSPS) is 48.1. The molecular formula is C12H19NO. The first kappa shape index (κ1) is 9.92. The van der Waals surface area contributed by atoms with Gasteiger partial charge in [0.25, 0.3) is 0 Å². The van der Waals surface area contributed by atoms with Gasteiger partial charge < -0.3 is 0 Å². The zero-order valence-electron chi connectivity index (χ0n) is 7.83. The second-order valence-corrected chi connectivity index (χ2v) is 5.34. The molecule has 0 unspecified atom stereocenters. The maximum absolute atomic E-state index is 10.4. The molecule has 4 bridgehead atoms. The SMILES string of the molecule is C.O=C=NC12CC3CC(CC(C3)C1)C2. The van der Waals surface area contributed by atoms with Crippen molar-refractivity contribution in [2.45, 2.75) is 51.5 Å². The van der Waals surface area contributed by atoms with Crippen LogP contribution in [0.1, 0.15) is 46.0 Å². The van der Waals surface area contributed by atoms with Crippen LogP contribution < -0.4 is 0 Å². The lowest BCUT2D eigenvalue weighted by molar-refractivity contribution is 0.00170. The highest BCUT2D eigenvalue weighted by Gasteiger charge is 2.51. The maximum atomic E-state index is 10.4. The quantitative estimate of drug-likeness (QED) is 0.465. The first-order valence-corrected chi connectivity index (χ1v) is 5.39. The Bertz CT molecular complexity index is 243. The fourth-order valence-electron chi connectivity index (χ4n) is 4.30. The van der Waals surface area contributed by atoms with Crippen molar-refractivity contribution in [3.63, 3.8) is 0 Å². The van der Waals surface area contributed by atoms with E-state index in [-0.39, 0.29) is 13.0 Å². The summed E-state index contributed by atoms with van der Waals surface area (Å²) in [7, 11) is 0.